The highest BCUT2D eigenvalue weighted by Gasteiger charge is 2.18. The van der Waals surface area contributed by atoms with Crippen molar-refractivity contribution in [2.75, 3.05) is 32.9 Å². The molecule has 0 radical (unpaired) electrons. The summed E-state index contributed by atoms with van der Waals surface area (Å²) >= 11 is 5.76. The third-order valence-corrected chi connectivity index (χ3v) is 3.23. The predicted octanol–water partition coefficient (Wildman–Crippen LogP) is 1.28. The summed E-state index contributed by atoms with van der Waals surface area (Å²) in [6, 6.07) is 6.94. The van der Waals surface area contributed by atoms with Crippen LogP contribution in [0.1, 0.15) is 5.56 Å². The van der Waals surface area contributed by atoms with Gasteiger partial charge in [0.05, 0.1) is 19.6 Å². The standard InChI is InChI=1S/C14H16ClNO4/c15-12-3-1-11(2-4-12)9-14(18)20-10-13(17)16-5-7-19-8-6-16/h1-4H,5-10H2. The van der Waals surface area contributed by atoms with E-state index in [2.05, 4.69) is 0 Å². The minimum Gasteiger partial charge on any atom is -0.455 e. The lowest BCUT2D eigenvalue weighted by atomic mass is 10.1. The normalized spacial score (nSPS) is 14.9. The number of rotatable bonds is 4. The Hall–Kier alpha value is -1.59. The van der Waals surface area contributed by atoms with Crippen molar-refractivity contribution in [3.63, 3.8) is 0 Å². The maximum atomic E-state index is 11.8. The second-order valence-corrected chi connectivity index (χ2v) is 4.89. The van der Waals surface area contributed by atoms with Crippen LogP contribution in [0.3, 0.4) is 0 Å². The van der Waals surface area contributed by atoms with Crippen molar-refractivity contribution in [3.05, 3.63) is 34.9 Å². The van der Waals surface area contributed by atoms with E-state index in [4.69, 9.17) is 21.1 Å². The van der Waals surface area contributed by atoms with Gasteiger partial charge >= 0.3 is 5.97 Å². The maximum absolute atomic E-state index is 11.8. The summed E-state index contributed by atoms with van der Waals surface area (Å²) in [6.45, 7) is 1.95. The molecule has 0 aromatic heterocycles. The lowest BCUT2D eigenvalue weighted by Gasteiger charge is -2.26. The second-order valence-electron chi connectivity index (χ2n) is 4.46. The number of esters is 1. The lowest BCUT2D eigenvalue weighted by molar-refractivity contribution is -0.153. The van der Waals surface area contributed by atoms with Crippen molar-refractivity contribution in [1.29, 1.82) is 0 Å². The van der Waals surface area contributed by atoms with Gasteiger partial charge in [-0.05, 0) is 17.7 Å². The van der Waals surface area contributed by atoms with Crippen LogP contribution in [0, 0.1) is 0 Å². The van der Waals surface area contributed by atoms with Gasteiger partial charge in [0.15, 0.2) is 6.61 Å². The monoisotopic (exact) mass is 297 g/mol. The summed E-state index contributed by atoms with van der Waals surface area (Å²) in [5, 5.41) is 0.615. The van der Waals surface area contributed by atoms with Crippen LogP contribution in [0.15, 0.2) is 24.3 Å². The van der Waals surface area contributed by atoms with E-state index in [-0.39, 0.29) is 18.9 Å². The number of hydrogen-bond acceptors (Lipinski definition) is 4. The molecule has 20 heavy (non-hydrogen) atoms. The molecule has 1 fully saturated rings. The Morgan fingerprint density at radius 3 is 2.50 bits per heavy atom. The van der Waals surface area contributed by atoms with E-state index in [1.165, 1.54) is 0 Å². The Morgan fingerprint density at radius 1 is 1.20 bits per heavy atom. The number of nitrogens with zero attached hydrogens (tertiary/aromatic N) is 1. The van der Waals surface area contributed by atoms with Gasteiger partial charge in [0.2, 0.25) is 0 Å². The average molecular weight is 298 g/mol. The van der Waals surface area contributed by atoms with Crippen molar-refractivity contribution in [1.82, 2.24) is 4.90 Å². The molecule has 2 rings (SSSR count). The Balaban J connectivity index is 1.74. The molecule has 0 unspecified atom stereocenters. The van der Waals surface area contributed by atoms with E-state index in [1.807, 2.05) is 0 Å². The van der Waals surface area contributed by atoms with Crippen molar-refractivity contribution >= 4 is 23.5 Å². The summed E-state index contributed by atoms with van der Waals surface area (Å²) in [6.07, 6.45) is 0.132. The molecular formula is C14H16ClNO4. The van der Waals surface area contributed by atoms with Crippen molar-refractivity contribution < 1.29 is 19.1 Å². The van der Waals surface area contributed by atoms with Crippen LogP contribution in [0.4, 0.5) is 0 Å². The van der Waals surface area contributed by atoms with Crippen LogP contribution in [0.25, 0.3) is 0 Å². The van der Waals surface area contributed by atoms with Gasteiger partial charge in [0, 0.05) is 18.1 Å². The Morgan fingerprint density at radius 2 is 1.85 bits per heavy atom. The number of ether oxygens (including phenoxy) is 2. The minimum atomic E-state index is -0.422. The number of benzene rings is 1. The predicted molar refractivity (Wildman–Crippen MR) is 73.5 cm³/mol. The Kier molecular flexibility index (Phi) is 5.38. The largest absolute Gasteiger partial charge is 0.455 e. The molecule has 1 aliphatic rings. The molecule has 108 valence electrons. The first-order valence-corrected chi connectivity index (χ1v) is 6.78. The van der Waals surface area contributed by atoms with Gasteiger partial charge in [-0.1, -0.05) is 23.7 Å². The fraction of sp³-hybridized carbons (Fsp3) is 0.429. The molecule has 1 saturated heterocycles. The first kappa shape index (κ1) is 14.8. The summed E-state index contributed by atoms with van der Waals surface area (Å²) in [4.78, 5) is 25.0. The molecular weight excluding hydrogens is 282 g/mol. The van der Waals surface area contributed by atoms with E-state index >= 15 is 0 Å². The van der Waals surface area contributed by atoms with Gasteiger partial charge in [-0.3, -0.25) is 9.59 Å². The number of hydrogen-bond donors (Lipinski definition) is 0. The molecule has 0 atom stereocenters. The van der Waals surface area contributed by atoms with Gasteiger partial charge < -0.3 is 14.4 Å². The van der Waals surface area contributed by atoms with Gasteiger partial charge in [-0.15, -0.1) is 0 Å². The molecule has 5 nitrogen and oxygen atoms in total. The molecule has 1 aromatic carbocycles. The summed E-state index contributed by atoms with van der Waals surface area (Å²) in [5.74, 6) is -0.605. The molecule has 0 spiro atoms. The molecule has 1 heterocycles. The summed E-state index contributed by atoms with van der Waals surface area (Å²) < 4.78 is 10.1. The zero-order valence-electron chi connectivity index (χ0n) is 11.0. The topological polar surface area (TPSA) is 55.8 Å². The summed E-state index contributed by atoms with van der Waals surface area (Å²) in [7, 11) is 0. The van der Waals surface area contributed by atoms with Crippen LogP contribution in [0.5, 0.6) is 0 Å². The third-order valence-electron chi connectivity index (χ3n) is 2.98. The number of carbonyl (C=O) groups excluding carboxylic acids is 2. The molecule has 0 saturated carbocycles. The van der Waals surface area contributed by atoms with E-state index in [0.29, 0.717) is 31.3 Å². The molecule has 0 N–H and O–H groups in total. The van der Waals surface area contributed by atoms with E-state index in [0.717, 1.165) is 5.56 Å². The lowest BCUT2D eigenvalue weighted by Crippen LogP contribution is -2.42. The van der Waals surface area contributed by atoms with Crippen LogP contribution in [-0.2, 0) is 25.5 Å². The van der Waals surface area contributed by atoms with Gasteiger partial charge in [0.25, 0.3) is 5.91 Å². The highest BCUT2D eigenvalue weighted by molar-refractivity contribution is 6.30. The van der Waals surface area contributed by atoms with Crippen LogP contribution >= 0.6 is 11.6 Å². The third kappa shape index (κ3) is 4.51. The number of morpholine rings is 1. The van der Waals surface area contributed by atoms with Crippen molar-refractivity contribution in [2.45, 2.75) is 6.42 Å². The van der Waals surface area contributed by atoms with Crippen LogP contribution < -0.4 is 0 Å². The summed E-state index contributed by atoms with van der Waals surface area (Å²) in [5.41, 5.74) is 0.804. The van der Waals surface area contributed by atoms with E-state index in [1.54, 1.807) is 29.2 Å². The average Bonchev–Trinajstić information content (AvgIpc) is 2.48. The zero-order chi connectivity index (χ0) is 14.4. The minimum absolute atomic E-state index is 0.132. The Bertz CT molecular complexity index is 469. The van der Waals surface area contributed by atoms with Crippen molar-refractivity contribution in [3.8, 4) is 0 Å². The number of amides is 1. The molecule has 6 heteroatoms. The van der Waals surface area contributed by atoms with Gasteiger partial charge in [-0.25, -0.2) is 0 Å². The zero-order valence-corrected chi connectivity index (χ0v) is 11.8. The maximum Gasteiger partial charge on any atom is 0.310 e. The van der Waals surface area contributed by atoms with Crippen LogP contribution in [0.2, 0.25) is 5.02 Å². The first-order valence-electron chi connectivity index (χ1n) is 6.41. The number of carbonyl (C=O) groups is 2. The SMILES string of the molecule is O=C(Cc1ccc(Cl)cc1)OCC(=O)N1CCOCC1. The van der Waals surface area contributed by atoms with Gasteiger partial charge in [-0.2, -0.15) is 0 Å². The van der Waals surface area contributed by atoms with Gasteiger partial charge in [0.1, 0.15) is 0 Å². The quantitative estimate of drug-likeness (QED) is 0.786. The first-order chi connectivity index (χ1) is 9.65. The fourth-order valence-electron chi connectivity index (χ4n) is 1.87. The van der Waals surface area contributed by atoms with E-state index in [9.17, 15) is 9.59 Å². The molecule has 1 aliphatic heterocycles. The smallest absolute Gasteiger partial charge is 0.310 e. The highest BCUT2D eigenvalue weighted by Crippen LogP contribution is 2.10. The van der Waals surface area contributed by atoms with E-state index < -0.39 is 5.97 Å². The highest BCUT2D eigenvalue weighted by atomic mass is 35.5. The second kappa shape index (κ2) is 7.26. The molecule has 0 aliphatic carbocycles. The molecule has 1 amide bonds. The van der Waals surface area contributed by atoms with Crippen molar-refractivity contribution in [2.24, 2.45) is 0 Å². The Labute approximate surface area is 122 Å². The molecule has 0 bridgehead atoms. The fourth-order valence-corrected chi connectivity index (χ4v) is 1.99. The van der Waals surface area contributed by atoms with Crippen LogP contribution in [-0.4, -0.2) is 49.7 Å². The number of halogens is 1. The molecule has 1 aromatic rings.